The van der Waals surface area contributed by atoms with Crippen molar-refractivity contribution in [3.8, 4) is 22.6 Å². The van der Waals surface area contributed by atoms with E-state index in [1.54, 1.807) is 32.0 Å². The maximum atomic E-state index is 14.2. The highest BCUT2D eigenvalue weighted by atomic mass is 35.5. The predicted octanol–water partition coefficient (Wildman–Crippen LogP) is 4.82. The SMILES string of the molecule is CC(C)C(=O)NCc1ccc(Cl)c(-c2nc(-c3cc(Cl)ccc3F)cc(=O)[nH]2)c1. The molecule has 0 aliphatic heterocycles. The van der Waals surface area contributed by atoms with Gasteiger partial charge in [0.05, 0.1) is 10.7 Å². The van der Waals surface area contributed by atoms with Crippen molar-refractivity contribution in [2.24, 2.45) is 5.92 Å². The van der Waals surface area contributed by atoms with E-state index >= 15 is 0 Å². The zero-order chi connectivity index (χ0) is 21.1. The van der Waals surface area contributed by atoms with Gasteiger partial charge in [0.15, 0.2) is 0 Å². The fourth-order valence-electron chi connectivity index (χ4n) is 2.67. The number of carbonyl (C=O) groups excluding carboxylic acids is 1. The van der Waals surface area contributed by atoms with Gasteiger partial charge in [0.25, 0.3) is 5.56 Å². The van der Waals surface area contributed by atoms with Gasteiger partial charge < -0.3 is 10.3 Å². The minimum atomic E-state index is -0.547. The predicted molar refractivity (Wildman–Crippen MR) is 112 cm³/mol. The Hall–Kier alpha value is -2.70. The van der Waals surface area contributed by atoms with Crippen molar-refractivity contribution in [1.82, 2.24) is 15.3 Å². The number of benzene rings is 2. The number of hydrogen-bond acceptors (Lipinski definition) is 3. The smallest absolute Gasteiger partial charge is 0.251 e. The van der Waals surface area contributed by atoms with Gasteiger partial charge in [-0.1, -0.05) is 43.1 Å². The summed E-state index contributed by atoms with van der Waals surface area (Å²) in [5, 5.41) is 3.50. The molecular weight excluding hydrogens is 416 g/mol. The molecule has 0 aliphatic rings. The molecule has 0 atom stereocenters. The number of H-pyrrole nitrogens is 1. The molecule has 3 aromatic rings. The van der Waals surface area contributed by atoms with Crippen LogP contribution in [0.2, 0.25) is 10.0 Å². The summed E-state index contributed by atoms with van der Waals surface area (Å²) in [6, 6.07) is 10.4. The minimum absolute atomic E-state index is 0.0774. The highest BCUT2D eigenvalue weighted by Gasteiger charge is 2.14. The van der Waals surface area contributed by atoms with Crippen LogP contribution >= 0.6 is 23.2 Å². The van der Waals surface area contributed by atoms with Crippen molar-refractivity contribution in [2.45, 2.75) is 20.4 Å². The van der Waals surface area contributed by atoms with Crippen LogP contribution in [-0.2, 0) is 11.3 Å². The topological polar surface area (TPSA) is 74.8 Å². The first-order chi connectivity index (χ1) is 13.7. The molecule has 0 unspecified atom stereocenters. The molecule has 0 saturated carbocycles. The van der Waals surface area contributed by atoms with E-state index in [0.29, 0.717) is 22.2 Å². The molecule has 0 radical (unpaired) electrons. The third-order valence-corrected chi connectivity index (χ3v) is 4.79. The lowest BCUT2D eigenvalue weighted by Gasteiger charge is -2.11. The molecule has 8 heteroatoms. The Labute approximate surface area is 176 Å². The summed E-state index contributed by atoms with van der Waals surface area (Å²) in [5.74, 6) is -0.570. The molecule has 1 amide bonds. The minimum Gasteiger partial charge on any atom is -0.352 e. The number of nitrogens with one attached hydrogen (secondary N) is 2. The maximum Gasteiger partial charge on any atom is 0.251 e. The molecule has 1 aromatic heterocycles. The van der Waals surface area contributed by atoms with E-state index in [9.17, 15) is 14.0 Å². The van der Waals surface area contributed by atoms with Crippen molar-refractivity contribution < 1.29 is 9.18 Å². The number of rotatable bonds is 5. The summed E-state index contributed by atoms with van der Waals surface area (Å²) in [7, 11) is 0. The Balaban J connectivity index is 2.01. The first kappa shape index (κ1) is 21.0. The van der Waals surface area contributed by atoms with Gasteiger partial charge in [-0.05, 0) is 35.9 Å². The fraction of sp³-hybridized carbons (Fsp3) is 0.190. The maximum absolute atomic E-state index is 14.2. The summed E-state index contributed by atoms with van der Waals surface area (Å²) in [6.07, 6.45) is 0. The average molecular weight is 434 g/mol. The fourth-order valence-corrected chi connectivity index (χ4v) is 3.05. The summed E-state index contributed by atoms with van der Waals surface area (Å²) < 4.78 is 14.2. The van der Waals surface area contributed by atoms with Gasteiger partial charge in [-0.15, -0.1) is 0 Å². The second-order valence-electron chi connectivity index (χ2n) is 6.79. The van der Waals surface area contributed by atoms with Crippen LogP contribution in [0.15, 0.2) is 47.3 Å². The molecule has 29 heavy (non-hydrogen) atoms. The molecule has 2 aromatic carbocycles. The van der Waals surface area contributed by atoms with Crippen LogP contribution in [0, 0.1) is 11.7 Å². The van der Waals surface area contributed by atoms with E-state index in [1.807, 2.05) is 0 Å². The molecule has 0 spiro atoms. The molecule has 0 saturated heterocycles. The summed E-state index contributed by atoms with van der Waals surface area (Å²) in [4.78, 5) is 31.0. The Morgan fingerprint density at radius 1 is 1.14 bits per heavy atom. The van der Waals surface area contributed by atoms with Gasteiger partial charge in [-0.2, -0.15) is 0 Å². The molecule has 0 bridgehead atoms. The van der Waals surface area contributed by atoms with Crippen LogP contribution in [0.25, 0.3) is 22.6 Å². The van der Waals surface area contributed by atoms with Crippen LogP contribution < -0.4 is 10.9 Å². The first-order valence-electron chi connectivity index (χ1n) is 8.88. The molecule has 5 nitrogen and oxygen atoms in total. The molecule has 0 fully saturated rings. The van der Waals surface area contributed by atoms with Crippen molar-refractivity contribution in [1.29, 1.82) is 0 Å². The van der Waals surface area contributed by atoms with E-state index in [2.05, 4.69) is 15.3 Å². The molecule has 1 heterocycles. The highest BCUT2D eigenvalue weighted by molar-refractivity contribution is 6.33. The Kier molecular flexibility index (Phi) is 6.35. The van der Waals surface area contributed by atoms with E-state index in [-0.39, 0.29) is 28.9 Å². The van der Waals surface area contributed by atoms with Gasteiger partial charge in [-0.25, -0.2) is 9.37 Å². The lowest BCUT2D eigenvalue weighted by molar-refractivity contribution is -0.124. The third kappa shape index (κ3) is 5.02. The van der Waals surface area contributed by atoms with Gasteiger partial charge in [0.1, 0.15) is 11.6 Å². The number of amides is 1. The van der Waals surface area contributed by atoms with Crippen LogP contribution in [-0.4, -0.2) is 15.9 Å². The lowest BCUT2D eigenvalue weighted by atomic mass is 10.1. The van der Waals surface area contributed by atoms with Gasteiger partial charge >= 0.3 is 0 Å². The number of halogens is 3. The molecule has 150 valence electrons. The van der Waals surface area contributed by atoms with Crippen molar-refractivity contribution in [2.75, 3.05) is 0 Å². The average Bonchev–Trinajstić information content (AvgIpc) is 2.68. The Bertz CT molecular complexity index is 1130. The zero-order valence-electron chi connectivity index (χ0n) is 15.7. The van der Waals surface area contributed by atoms with E-state index < -0.39 is 11.4 Å². The van der Waals surface area contributed by atoms with Gasteiger partial charge in [0.2, 0.25) is 5.91 Å². The van der Waals surface area contributed by atoms with Crippen molar-refractivity contribution in [3.63, 3.8) is 0 Å². The molecule has 3 rings (SSSR count). The standard InChI is InChI=1S/C21H18Cl2FN3O2/c1-11(2)21(29)25-10-12-3-5-16(23)14(7-12)20-26-18(9-19(28)27-20)15-8-13(22)4-6-17(15)24/h3-9,11H,10H2,1-2H3,(H,25,29)(H,26,27,28). The number of carbonyl (C=O) groups is 1. The van der Waals surface area contributed by atoms with Gasteiger partial charge in [0, 0.05) is 34.7 Å². The van der Waals surface area contributed by atoms with Gasteiger partial charge in [-0.3, -0.25) is 9.59 Å². The van der Waals surface area contributed by atoms with E-state index in [0.717, 1.165) is 5.56 Å². The third-order valence-electron chi connectivity index (χ3n) is 4.22. The monoisotopic (exact) mass is 433 g/mol. The first-order valence-corrected chi connectivity index (χ1v) is 9.63. The van der Waals surface area contributed by atoms with Crippen LogP contribution in [0.3, 0.4) is 0 Å². The van der Waals surface area contributed by atoms with Crippen LogP contribution in [0.5, 0.6) is 0 Å². The lowest BCUT2D eigenvalue weighted by Crippen LogP contribution is -2.27. The number of aromatic amines is 1. The van der Waals surface area contributed by atoms with E-state index in [4.69, 9.17) is 23.2 Å². The van der Waals surface area contributed by atoms with Crippen molar-refractivity contribution >= 4 is 29.1 Å². The summed E-state index contributed by atoms with van der Waals surface area (Å²) >= 11 is 12.3. The number of aromatic nitrogens is 2. The number of nitrogens with zero attached hydrogens (tertiary/aromatic N) is 1. The highest BCUT2D eigenvalue weighted by Crippen LogP contribution is 2.29. The second kappa shape index (κ2) is 8.76. The molecule has 0 aliphatic carbocycles. The van der Waals surface area contributed by atoms with Crippen LogP contribution in [0.1, 0.15) is 19.4 Å². The Morgan fingerprint density at radius 3 is 2.62 bits per heavy atom. The Morgan fingerprint density at radius 2 is 1.90 bits per heavy atom. The summed E-state index contributed by atoms with van der Waals surface area (Å²) in [6.45, 7) is 3.91. The summed E-state index contributed by atoms with van der Waals surface area (Å²) in [5.41, 5.74) is 1.03. The molecular formula is C21H18Cl2FN3O2. The quantitative estimate of drug-likeness (QED) is 0.605. The normalized spacial score (nSPS) is 11.0. The van der Waals surface area contributed by atoms with Crippen LogP contribution in [0.4, 0.5) is 4.39 Å². The number of hydrogen-bond donors (Lipinski definition) is 2. The van der Waals surface area contributed by atoms with Crippen molar-refractivity contribution in [3.05, 3.63) is 74.2 Å². The molecule has 2 N–H and O–H groups in total. The second-order valence-corrected chi connectivity index (χ2v) is 7.63. The van der Waals surface area contributed by atoms with E-state index in [1.165, 1.54) is 24.3 Å². The largest absolute Gasteiger partial charge is 0.352 e. The zero-order valence-corrected chi connectivity index (χ0v) is 17.2.